The smallest absolute Gasteiger partial charge is 0.209 e. The average molecular weight is 423 g/mol. The molecule has 154 valence electrons. The van der Waals surface area contributed by atoms with E-state index in [4.69, 9.17) is 16.3 Å². The Balaban J connectivity index is 1.48. The largest absolute Gasteiger partial charge is 0.495 e. The Bertz CT molecular complexity index is 1150. The summed E-state index contributed by atoms with van der Waals surface area (Å²) in [5, 5.41) is 5.26. The third-order valence-corrected chi connectivity index (χ3v) is 6.26. The molecule has 0 radical (unpaired) electrons. The van der Waals surface area contributed by atoms with Crippen LogP contribution in [0.25, 0.3) is 16.6 Å². The molecule has 2 N–H and O–H groups in total. The number of nitrogens with one attached hydrogen (secondary N) is 2. The van der Waals surface area contributed by atoms with Crippen LogP contribution >= 0.6 is 11.6 Å². The van der Waals surface area contributed by atoms with Gasteiger partial charge in [0, 0.05) is 42.1 Å². The van der Waals surface area contributed by atoms with Gasteiger partial charge in [0.05, 0.1) is 17.8 Å². The van der Waals surface area contributed by atoms with Crippen LogP contribution in [0.1, 0.15) is 36.4 Å². The molecule has 0 spiro atoms. The zero-order valence-electron chi connectivity index (χ0n) is 16.7. The number of amides is 1. The number of aromatic nitrogens is 2. The van der Waals surface area contributed by atoms with Gasteiger partial charge in [-0.15, -0.1) is 0 Å². The SMILES string of the molecule is COc1cc(Nc2ccnc3[nH]c(C4=CCN(C=O)CC4)cc23)cc(C2CC2)c1Cl. The van der Waals surface area contributed by atoms with E-state index < -0.39 is 0 Å². The van der Waals surface area contributed by atoms with E-state index in [-0.39, 0.29) is 0 Å². The van der Waals surface area contributed by atoms with Crippen LogP contribution in [-0.4, -0.2) is 41.5 Å². The van der Waals surface area contributed by atoms with Gasteiger partial charge in [-0.05, 0) is 54.5 Å². The zero-order chi connectivity index (χ0) is 20.7. The number of halogens is 1. The summed E-state index contributed by atoms with van der Waals surface area (Å²) in [5.74, 6) is 1.21. The zero-order valence-corrected chi connectivity index (χ0v) is 17.5. The number of rotatable bonds is 6. The van der Waals surface area contributed by atoms with Gasteiger partial charge in [0.2, 0.25) is 6.41 Å². The number of benzene rings is 1. The average Bonchev–Trinajstić information content (AvgIpc) is 3.52. The molecule has 2 aliphatic rings. The first-order valence-electron chi connectivity index (χ1n) is 10.2. The van der Waals surface area contributed by atoms with E-state index in [0.29, 0.717) is 23.2 Å². The van der Waals surface area contributed by atoms with Gasteiger partial charge in [-0.1, -0.05) is 17.7 Å². The Morgan fingerprint density at radius 1 is 1.33 bits per heavy atom. The predicted molar refractivity (Wildman–Crippen MR) is 120 cm³/mol. The number of hydrogen-bond acceptors (Lipinski definition) is 4. The molecule has 3 aromatic rings. The minimum atomic E-state index is 0.522. The first-order valence-corrected chi connectivity index (χ1v) is 10.5. The summed E-state index contributed by atoms with van der Waals surface area (Å²) in [6.45, 7) is 1.37. The number of hydrogen-bond donors (Lipinski definition) is 2. The lowest BCUT2D eigenvalue weighted by Crippen LogP contribution is -2.26. The number of ether oxygens (including phenoxy) is 1. The maximum atomic E-state index is 11.0. The highest BCUT2D eigenvalue weighted by molar-refractivity contribution is 6.33. The molecule has 1 fully saturated rings. The Morgan fingerprint density at radius 2 is 2.20 bits per heavy atom. The molecule has 2 aromatic heterocycles. The molecule has 1 saturated carbocycles. The first kappa shape index (κ1) is 19.0. The summed E-state index contributed by atoms with van der Waals surface area (Å²) < 4.78 is 5.50. The molecule has 0 unspecified atom stereocenters. The highest BCUT2D eigenvalue weighted by Gasteiger charge is 2.28. The van der Waals surface area contributed by atoms with Gasteiger partial charge in [0.25, 0.3) is 0 Å². The fourth-order valence-corrected chi connectivity index (χ4v) is 4.36. The van der Waals surface area contributed by atoms with E-state index in [2.05, 4.69) is 33.5 Å². The van der Waals surface area contributed by atoms with E-state index >= 15 is 0 Å². The number of anilines is 2. The quantitative estimate of drug-likeness (QED) is 0.543. The van der Waals surface area contributed by atoms with Gasteiger partial charge >= 0.3 is 0 Å². The fourth-order valence-electron chi connectivity index (χ4n) is 4.02. The predicted octanol–water partition coefficient (Wildman–Crippen LogP) is 5.09. The lowest BCUT2D eigenvalue weighted by molar-refractivity contribution is -0.117. The summed E-state index contributed by atoms with van der Waals surface area (Å²) in [6, 6.07) is 8.16. The summed E-state index contributed by atoms with van der Waals surface area (Å²) in [5.41, 5.74) is 6.15. The topological polar surface area (TPSA) is 70.2 Å². The molecular weight excluding hydrogens is 400 g/mol. The lowest BCUT2D eigenvalue weighted by atomic mass is 10.1. The van der Waals surface area contributed by atoms with Gasteiger partial charge in [-0.3, -0.25) is 4.79 Å². The van der Waals surface area contributed by atoms with Crippen LogP contribution in [0.2, 0.25) is 5.02 Å². The van der Waals surface area contributed by atoms with E-state index in [1.165, 1.54) is 18.4 Å². The molecule has 0 atom stereocenters. The molecule has 0 saturated heterocycles. The lowest BCUT2D eigenvalue weighted by Gasteiger charge is -2.21. The van der Waals surface area contributed by atoms with Crippen LogP contribution < -0.4 is 10.1 Å². The number of H-pyrrole nitrogens is 1. The minimum Gasteiger partial charge on any atom is -0.495 e. The summed E-state index contributed by atoms with van der Waals surface area (Å²) in [7, 11) is 1.65. The van der Waals surface area contributed by atoms with Crippen molar-refractivity contribution in [1.29, 1.82) is 0 Å². The number of aromatic amines is 1. The molecule has 1 aromatic carbocycles. The van der Waals surface area contributed by atoms with E-state index in [9.17, 15) is 4.79 Å². The van der Waals surface area contributed by atoms with Gasteiger partial charge in [-0.25, -0.2) is 4.98 Å². The van der Waals surface area contributed by atoms with Crippen LogP contribution in [0.4, 0.5) is 11.4 Å². The normalized spacial score (nSPS) is 16.5. The second-order valence-electron chi connectivity index (χ2n) is 7.86. The van der Waals surface area contributed by atoms with Crippen molar-refractivity contribution >= 4 is 46.0 Å². The van der Waals surface area contributed by atoms with Crippen molar-refractivity contribution in [1.82, 2.24) is 14.9 Å². The van der Waals surface area contributed by atoms with Crippen molar-refractivity contribution in [3.63, 3.8) is 0 Å². The maximum absolute atomic E-state index is 11.0. The number of carbonyl (C=O) groups excluding carboxylic acids is 1. The third-order valence-electron chi connectivity index (χ3n) is 5.85. The van der Waals surface area contributed by atoms with Crippen molar-refractivity contribution in [2.75, 3.05) is 25.5 Å². The van der Waals surface area contributed by atoms with Crippen molar-refractivity contribution in [3.8, 4) is 5.75 Å². The van der Waals surface area contributed by atoms with Crippen LogP contribution in [-0.2, 0) is 4.79 Å². The van der Waals surface area contributed by atoms with Crippen molar-refractivity contribution < 1.29 is 9.53 Å². The highest BCUT2D eigenvalue weighted by atomic mass is 35.5. The van der Waals surface area contributed by atoms with Crippen LogP contribution in [0.3, 0.4) is 0 Å². The highest BCUT2D eigenvalue weighted by Crippen LogP contribution is 2.47. The van der Waals surface area contributed by atoms with Crippen LogP contribution in [0.15, 0.2) is 36.5 Å². The second kappa shape index (κ2) is 7.69. The summed E-state index contributed by atoms with van der Waals surface area (Å²) in [6.07, 6.45) is 7.96. The molecular formula is C23H23ClN4O2. The van der Waals surface area contributed by atoms with Gasteiger partial charge < -0.3 is 19.9 Å². The maximum Gasteiger partial charge on any atom is 0.209 e. The van der Waals surface area contributed by atoms with Crippen molar-refractivity contribution in [2.24, 2.45) is 0 Å². The van der Waals surface area contributed by atoms with Crippen LogP contribution in [0, 0.1) is 0 Å². The number of carbonyl (C=O) groups is 1. The Hall–Kier alpha value is -2.99. The van der Waals surface area contributed by atoms with E-state index in [0.717, 1.165) is 53.0 Å². The monoisotopic (exact) mass is 422 g/mol. The Kier molecular flexibility index (Phi) is 4.87. The number of methoxy groups -OCH3 is 1. The fraction of sp³-hybridized carbons (Fsp3) is 0.304. The molecule has 5 rings (SSSR count). The van der Waals surface area contributed by atoms with Gasteiger partial charge in [-0.2, -0.15) is 0 Å². The summed E-state index contributed by atoms with van der Waals surface area (Å²) >= 11 is 6.52. The molecule has 3 heterocycles. The van der Waals surface area contributed by atoms with E-state index in [1.807, 2.05) is 12.1 Å². The molecule has 0 bridgehead atoms. The third kappa shape index (κ3) is 3.52. The van der Waals surface area contributed by atoms with E-state index in [1.54, 1.807) is 18.2 Å². The number of fused-ring (bicyclic) bond motifs is 1. The Labute approximate surface area is 179 Å². The Morgan fingerprint density at radius 3 is 2.90 bits per heavy atom. The number of nitrogens with zero attached hydrogens (tertiary/aromatic N) is 2. The molecule has 7 heteroatoms. The number of pyridine rings is 1. The molecule has 6 nitrogen and oxygen atoms in total. The van der Waals surface area contributed by atoms with Crippen molar-refractivity contribution in [3.05, 3.63) is 52.8 Å². The van der Waals surface area contributed by atoms with Gasteiger partial charge in [0.15, 0.2) is 0 Å². The molecule has 1 aliphatic heterocycles. The van der Waals surface area contributed by atoms with Crippen molar-refractivity contribution in [2.45, 2.75) is 25.2 Å². The second-order valence-corrected chi connectivity index (χ2v) is 8.24. The standard InChI is InChI=1S/C23H23ClN4O2/c1-30-21-11-16(10-17(22(21)24)14-2-3-14)26-19-4-7-25-23-18(19)12-20(27-23)15-5-8-28(13-29)9-6-15/h4-5,7,10-14H,2-3,6,8-9H2,1H3,(H2,25,26,27). The van der Waals surface area contributed by atoms with Gasteiger partial charge in [0.1, 0.15) is 11.4 Å². The molecule has 1 aliphatic carbocycles. The first-order chi connectivity index (χ1) is 14.7. The summed E-state index contributed by atoms with van der Waals surface area (Å²) in [4.78, 5) is 20.6. The minimum absolute atomic E-state index is 0.522. The molecule has 1 amide bonds. The van der Waals surface area contributed by atoms with Crippen LogP contribution in [0.5, 0.6) is 5.75 Å². The molecule has 30 heavy (non-hydrogen) atoms.